The lowest BCUT2D eigenvalue weighted by Crippen LogP contribution is -2.20. The van der Waals surface area contributed by atoms with Crippen LogP contribution in [0.25, 0.3) is 11.1 Å². The third-order valence-corrected chi connectivity index (χ3v) is 4.83. The maximum atomic E-state index is 12.4. The van der Waals surface area contributed by atoms with Gasteiger partial charge in [-0.05, 0) is 29.1 Å². The predicted molar refractivity (Wildman–Crippen MR) is 108 cm³/mol. The molecule has 3 rings (SSSR count). The summed E-state index contributed by atoms with van der Waals surface area (Å²) in [4.78, 5) is 25.0. The zero-order valence-corrected chi connectivity index (χ0v) is 16.2. The average molecular weight is 397 g/mol. The van der Waals surface area contributed by atoms with Crippen LogP contribution in [0.2, 0.25) is 0 Å². The van der Waals surface area contributed by atoms with E-state index in [1.165, 1.54) is 25.6 Å². The molecule has 1 heterocycles. The Kier molecular flexibility index (Phi) is 6.29. The van der Waals surface area contributed by atoms with E-state index in [2.05, 4.69) is 5.32 Å². The molecule has 0 spiro atoms. The quantitative estimate of drug-likeness (QED) is 0.604. The van der Waals surface area contributed by atoms with Crippen LogP contribution in [0, 0.1) is 0 Å². The molecule has 0 radical (unpaired) electrons. The molecule has 0 bridgehead atoms. The van der Waals surface area contributed by atoms with E-state index in [1.807, 2.05) is 41.8 Å². The Bertz CT molecular complexity index is 968. The molecule has 28 heavy (non-hydrogen) atoms. The second-order valence-electron chi connectivity index (χ2n) is 5.72. The van der Waals surface area contributed by atoms with Crippen molar-refractivity contribution in [3.8, 4) is 22.6 Å². The molecule has 0 atom stereocenters. The Morgan fingerprint density at radius 2 is 1.71 bits per heavy atom. The second-order valence-corrected chi connectivity index (χ2v) is 6.64. The zero-order valence-electron chi connectivity index (χ0n) is 15.4. The number of rotatable bonds is 7. The molecule has 0 saturated heterocycles. The molecule has 0 fully saturated rings. The predicted octanol–water partition coefficient (Wildman–Crippen LogP) is 4.23. The average Bonchev–Trinajstić information content (AvgIpc) is 3.22. The largest absolute Gasteiger partial charge is 0.493 e. The van der Waals surface area contributed by atoms with Crippen LogP contribution in [0.1, 0.15) is 9.67 Å². The topological polar surface area (TPSA) is 73.9 Å². The summed E-state index contributed by atoms with van der Waals surface area (Å²) in [6, 6.07) is 16.4. The molecule has 2 aromatic carbocycles. The van der Waals surface area contributed by atoms with Crippen molar-refractivity contribution in [1.29, 1.82) is 0 Å². The van der Waals surface area contributed by atoms with Gasteiger partial charge < -0.3 is 19.5 Å². The normalized spacial score (nSPS) is 10.2. The van der Waals surface area contributed by atoms with Crippen molar-refractivity contribution >= 4 is 28.9 Å². The highest BCUT2D eigenvalue weighted by Crippen LogP contribution is 2.30. The number of nitrogens with one attached hydrogen (secondary N) is 1. The highest BCUT2D eigenvalue weighted by atomic mass is 32.1. The van der Waals surface area contributed by atoms with Crippen LogP contribution < -0.4 is 14.8 Å². The molecule has 0 aliphatic heterocycles. The SMILES string of the molecule is COc1ccc(NC(=O)COC(=O)c2sccc2-c2ccccc2)cc1OC. The number of esters is 1. The van der Waals surface area contributed by atoms with Gasteiger partial charge >= 0.3 is 5.97 Å². The molecule has 0 aliphatic rings. The number of hydrogen-bond acceptors (Lipinski definition) is 6. The molecule has 7 heteroatoms. The second kappa shape index (κ2) is 9.05. The maximum absolute atomic E-state index is 12.4. The zero-order chi connectivity index (χ0) is 19.9. The molecule has 1 N–H and O–H groups in total. The molecular weight excluding hydrogens is 378 g/mol. The summed E-state index contributed by atoms with van der Waals surface area (Å²) >= 11 is 1.28. The van der Waals surface area contributed by atoms with E-state index in [4.69, 9.17) is 14.2 Å². The monoisotopic (exact) mass is 397 g/mol. The number of carbonyl (C=O) groups is 2. The number of thiophene rings is 1. The van der Waals surface area contributed by atoms with E-state index in [9.17, 15) is 9.59 Å². The maximum Gasteiger partial charge on any atom is 0.349 e. The third-order valence-electron chi connectivity index (χ3n) is 3.94. The number of methoxy groups -OCH3 is 2. The van der Waals surface area contributed by atoms with Gasteiger partial charge in [-0.2, -0.15) is 0 Å². The van der Waals surface area contributed by atoms with Crippen molar-refractivity contribution < 1.29 is 23.8 Å². The van der Waals surface area contributed by atoms with Crippen LogP contribution in [0.5, 0.6) is 11.5 Å². The molecule has 144 valence electrons. The molecule has 1 amide bonds. The van der Waals surface area contributed by atoms with Crippen LogP contribution in [-0.2, 0) is 9.53 Å². The first-order valence-corrected chi connectivity index (χ1v) is 9.32. The summed E-state index contributed by atoms with van der Waals surface area (Å²) in [6.07, 6.45) is 0. The lowest BCUT2D eigenvalue weighted by atomic mass is 10.1. The minimum absolute atomic E-state index is 0.390. The van der Waals surface area contributed by atoms with Gasteiger partial charge in [0.05, 0.1) is 14.2 Å². The smallest absolute Gasteiger partial charge is 0.349 e. The van der Waals surface area contributed by atoms with Gasteiger partial charge in [0.2, 0.25) is 0 Å². The Balaban J connectivity index is 1.61. The fourth-order valence-electron chi connectivity index (χ4n) is 2.62. The lowest BCUT2D eigenvalue weighted by molar-refractivity contribution is -0.119. The van der Waals surface area contributed by atoms with Gasteiger partial charge in [0, 0.05) is 17.3 Å². The van der Waals surface area contributed by atoms with Crippen LogP contribution >= 0.6 is 11.3 Å². The lowest BCUT2D eigenvalue weighted by Gasteiger charge is -2.11. The summed E-state index contributed by atoms with van der Waals surface area (Å²) in [6.45, 7) is -0.390. The summed E-state index contributed by atoms with van der Waals surface area (Å²) in [5.41, 5.74) is 2.22. The number of anilines is 1. The fraction of sp³-hybridized carbons (Fsp3) is 0.143. The first kappa shape index (κ1) is 19.4. The van der Waals surface area contributed by atoms with Gasteiger partial charge in [0.25, 0.3) is 5.91 Å². The summed E-state index contributed by atoms with van der Waals surface area (Å²) < 4.78 is 15.5. The van der Waals surface area contributed by atoms with Crippen LogP contribution in [0.15, 0.2) is 60.0 Å². The third kappa shape index (κ3) is 4.50. The van der Waals surface area contributed by atoms with Crippen molar-refractivity contribution in [2.75, 3.05) is 26.1 Å². The molecule has 0 aliphatic carbocycles. The van der Waals surface area contributed by atoms with E-state index >= 15 is 0 Å². The molecule has 6 nitrogen and oxygen atoms in total. The Labute approximate surface area is 166 Å². The highest BCUT2D eigenvalue weighted by Gasteiger charge is 2.17. The van der Waals surface area contributed by atoms with Gasteiger partial charge in [0.15, 0.2) is 18.1 Å². The van der Waals surface area contributed by atoms with Gasteiger partial charge in [-0.15, -0.1) is 11.3 Å². The van der Waals surface area contributed by atoms with E-state index in [0.717, 1.165) is 11.1 Å². The van der Waals surface area contributed by atoms with Gasteiger partial charge in [0.1, 0.15) is 4.88 Å². The molecule has 0 unspecified atom stereocenters. The minimum atomic E-state index is -0.531. The van der Waals surface area contributed by atoms with Crippen LogP contribution in [-0.4, -0.2) is 32.7 Å². The van der Waals surface area contributed by atoms with Gasteiger partial charge in [-0.25, -0.2) is 4.79 Å². The molecular formula is C21H19NO5S. The van der Waals surface area contributed by atoms with E-state index < -0.39 is 11.9 Å². The number of benzene rings is 2. The molecule has 3 aromatic rings. The Morgan fingerprint density at radius 3 is 2.43 bits per heavy atom. The van der Waals surface area contributed by atoms with Crippen molar-refractivity contribution in [3.05, 3.63) is 64.9 Å². The number of amides is 1. The number of ether oxygens (including phenoxy) is 3. The van der Waals surface area contributed by atoms with Crippen molar-refractivity contribution in [2.45, 2.75) is 0 Å². The highest BCUT2D eigenvalue weighted by molar-refractivity contribution is 7.12. The molecule has 0 saturated carbocycles. The fourth-order valence-corrected chi connectivity index (χ4v) is 3.43. The summed E-state index contributed by atoms with van der Waals surface area (Å²) in [7, 11) is 3.04. The number of hydrogen-bond donors (Lipinski definition) is 1. The Hall–Kier alpha value is -3.32. The summed E-state index contributed by atoms with van der Waals surface area (Å²) in [5.74, 6) is 0.0659. The van der Waals surface area contributed by atoms with E-state index in [1.54, 1.807) is 18.2 Å². The van der Waals surface area contributed by atoms with Gasteiger partial charge in [-0.1, -0.05) is 30.3 Å². The van der Waals surface area contributed by atoms with Crippen LogP contribution in [0.3, 0.4) is 0 Å². The van der Waals surface area contributed by atoms with Crippen LogP contribution in [0.4, 0.5) is 5.69 Å². The standard InChI is InChI=1S/C21H19NO5S/c1-25-17-9-8-15(12-18(17)26-2)22-19(23)13-27-21(24)20-16(10-11-28-20)14-6-4-3-5-7-14/h3-12H,13H2,1-2H3,(H,22,23). The Morgan fingerprint density at radius 1 is 0.964 bits per heavy atom. The van der Waals surface area contributed by atoms with Gasteiger partial charge in [-0.3, -0.25) is 4.79 Å². The first-order chi connectivity index (χ1) is 13.6. The van der Waals surface area contributed by atoms with Crippen molar-refractivity contribution in [1.82, 2.24) is 0 Å². The summed E-state index contributed by atoms with van der Waals surface area (Å²) in [5, 5.41) is 4.49. The van der Waals surface area contributed by atoms with E-state index in [-0.39, 0.29) is 6.61 Å². The van der Waals surface area contributed by atoms with Crippen molar-refractivity contribution in [2.24, 2.45) is 0 Å². The van der Waals surface area contributed by atoms with E-state index in [0.29, 0.717) is 22.1 Å². The molecule has 1 aromatic heterocycles. The first-order valence-electron chi connectivity index (χ1n) is 8.44. The minimum Gasteiger partial charge on any atom is -0.493 e. The number of carbonyl (C=O) groups excluding carboxylic acids is 2. The van der Waals surface area contributed by atoms with Crippen molar-refractivity contribution in [3.63, 3.8) is 0 Å².